The summed E-state index contributed by atoms with van der Waals surface area (Å²) in [6, 6.07) is 6.33. The Morgan fingerprint density at radius 2 is 2.28 bits per heavy atom. The molecule has 0 amide bonds. The van der Waals surface area contributed by atoms with Crippen molar-refractivity contribution in [2.45, 2.75) is 19.5 Å². The third-order valence-corrected chi connectivity index (χ3v) is 3.08. The van der Waals surface area contributed by atoms with Crippen molar-refractivity contribution in [3.05, 3.63) is 48.0 Å². The summed E-state index contributed by atoms with van der Waals surface area (Å²) in [5, 5.41) is 3.25. The molecule has 0 aliphatic heterocycles. The van der Waals surface area contributed by atoms with E-state index in [1.54, 1.807) is 12.5 Å². The van der Waals surface area contributed by atoms with E-state index in [-0.39, 0.29) is 6.04 Å². The maximum absolute atomic E-state index is 5.09. The molecule has 0 bridgehead atoms. The number of nitrogens with one attached hydrogen (secondary N) is 1. The Morgan fingerprint density at radius 3 is 2.94 bits per heavy atom. The first kappa shape index (κ1) is 12.6. The number of hydrogen-bond acceptors (Lipinski definition) is 4. The quantitative estimate of drug-likeness (QED) is 0.879. The van der Waals surface area contributed by atoms with Crippen LogP contribution in [0.3, 0.4) is 0 Å². The first-order chi connectivity index (χ1) is 8.72. The van der Waals surface area contributed by atoms with Crippen LogP contribution < -0.4 is 10.2 Å². The smallest absolute Gasteiger partial charge is 0.133 e. The Hall–Kier alpha value is -1.81. The van der Waals surface area contributed by atoms with Gasteiger partial charge in [0.25, 0.3) is 0 Å². The standard InChI is InChI=1S/C14H19N3O/c1-11(15-2)13-5-4-7-16-14(13)17(3)9-12-6-8-18-10-12/h4-8,10-11,15H,9H2,1-3H3. The predicted octanol–water partition coefficient (Wildman–Crippen LogP) is 2.59. The number of anilines is 1. The highest BCUT2D eigenvalue weighted by molar-refractivity contribution is 5.48. The molecule has 0 aromatic carbocycles. The molecule has 0 fully saturated rings. The van der Waals surface area contributed by atoms with Crippen molar-refractivity contribution in [1.29, 1.82) is 0 Å². The fourth-order valence-corrected chi connectivity index (χ4v) is 1.95. The summed E-state index contributed by atoms with van der Waals surface area (Å²) in [7, 11) is 4.00. The molecule has 0 spiro atoms. The zero-order valence-corrected chi connectivity index (χ0v) is 11.1. The van der Waals surface area contributed by atoms with Gasteiger partial charge in [-0.2, -0.15) is 0 Å². The molecule has 2 aromatic rings. The molecule has 1 N–H and O–H groups in total. The van der Waals surface area contributed by atoms with Gasteiger partial charge in [-0.1, -0.05) is 6.07 Å². The van der Waals surface area contributed by atoms with Crippen molar-refractivity contribution < 1.29 is 4.42 Å². The van der Waals surface area contributed by atoms with Crippen molar-refractivity contribution in [2.24, 2.45) is 0 Å². The van der Waals surface area contributed by atoms with Crippen molar-refractivity contribution in [3.8, 4) is 0 Å². The van der Waals surface area contributed by atoms with Gasteiger partial charge in [-0.25, -0.2) is 4.98 Å². The van der Waals surface area contributed by atoms with E-state index in [9.17, 15) is 0 Å². The van der Waals surface area contributed by atoms with Crippen molar-refractivity contribution in [2.75, 3.05) is 19.0 Å². The third-order valence-electron chi connectivity index (χ3n) is 3.08. The summed E-state index contributed by atoms with van der Waals surface area (Å²) in [6.45, 7) is 2.92. The van der Waals surface area contributed by atoms with Gasteiger partial charge < -0.3 is 14.6 Å². The van der Waals surface area contributed by atoms with E-state index in [1.165, 1.54) is 5.56 Å². The van der Waals surface area contributed by atoms with Crippen LogP contribution in [0.5, 0.6) is 0 Å². The molecule has 96 valence electrons. The highest BCUT2D eigenvalue weighted by atomic mass is 16.3. The van der Waals surface area contributed by atoms with Crippen LogP contribution in [0, 0.1) is 0 Å². The lowest BCUT2D eigenvalue weighted by Crippen LogP contribution is -2.22. The molecule has 4 nitrogen and oxygen atoms in total. The molecular weight excluding hydrogens is 226 g/mol. The Kier molecular flexibility index (Phi) is 3.99. The lowest BCUT2D eigenvalue weighted by molar-refractivity contribution is 0.563. The van der Waals surface area contributed by atoms with Crippen LogP contribution in [-0.4, -0.2) is 19.1 Å². The van der Waals surface area contributed by atoms with E-state index in [1.807, 2.05) is 32.4 Å². The Morgan fingerprint density at radius 1 is 1.44 bits per heavy atom. The van der Waals surface area contributed by atoms with Gasteiger partial charge in [-0.15, -0.1) is 0 Å². The Labute approximate surface area is 108 Å². The molecule has 2 aromatic heterocycles. The SMILES string of the molecule is CNC(C)c1cccnc1N(C)Cc1ccoc1. The van der Waals surface area contributed by atoms with Crippen LogP contribution in [-0.2, 0) is 6.54 Å². The van der Waals surface area contributed by atoms with Crippen LogP contribution in [0.2, 0.25) is 0 Å². The summed E-state index contributed by atoms with van der Waals surface area (Å²) in [5.41, 5.74) is 2.34. The van der Waals surface area contributed by atoms with Gasteiger partial charge in [-0.05, 0) is 26.1 Å². The van der Waals surface area contributed by atoms with Crippen molar-refractivity contribution in [3.63, 3.8) is 0 Å². The molecule has 1 atom stereocenters. The van der Waals surface area contributed by atoms with Crippen LogP contribution in [0.15, 0.2) is 41.3 Å². The van der Waals surface area contributed by atoms with Gasteiger partial charge in [0.1, 0.15) is 5.82 Å². The normalized spacial score (nSPS) is 12.4. The van der Waals surface area contributed by atoms with Gasteiger partial charge in [0.15, 0.2) is 0 Å². The van der Waals surface area contributed by atoms with Crippen LogP contribution in [0.1, 0.15) is 24.1 Å². The number of nitrogens with zero attached hydrogens (tertiary/aromatic N) is 2. The minimum absolute atomic E-state index is 0.278. The van der Waals surface area contributed by atoms with Crippen molar-refractivity contribution >= 4 is 5.82 Å². The third kappa shape index (κ3) is 2.71. The van der Waals surface area contributed by atoms with Crippen molar-refractivity contribution in [1.82, 2.24) is 10.3 Å². The summed E-state index contributed by atoms with van der Waals surface area (Å²) in [4.78, 5) is 6.62. The maximum Gasteiger partial charge on any atom is 0.133 e. The topological polar surface area (TPSA) is 41.3 Å². The zero-order valence-electron chi connectivity index (χ0n) is 11.1. The number of hydrogen-bond donors (Lipinski definition) is 1. The molecule has 0 aliphatic rings. The van der Waals surface area contributed by atoms with E-state index >= 15 is 0 Å². The summed E-state index contributed by atoms with van der Waals surface area (Å²) >= 11 is 0. The summed E-state index contributed by atoms with van der Waals surface area (Å²) in [5.74, 6) is 1.00. The molecule has 4 heteroatoms. The van der Waals surface area contributed by atoms with E-state index < -0.39 is 0 Å². The number of pyridine rings is 1. The highest BCUT2D eigenvalue weighted by Gasteiger charge is 2.13. The second-order valence-corrected chi connectivity index (χ2v) is 4.41. The van der Waals surface area contributed by atoms with Crippen LogP contribution in [0.25, 0.3) is 0 Å². The fraction of sp³-hybridized carbons (Fsp3) is 0.357. The van der Waals surface area contributed by atoms with E-state index in [2.05, 4.69) is 28.2 Å². The number of aromatic nitrogens is 1. The lowest BCUT2D eigenvalue weighted by Gasteiger charge is -2.23. The lowest BCUT2D eigenvalue weighted by atomic mass is 10.1. The largest absolute Gasteiger partial charge is 0.472 e. The summed E-state index contributed by atoms with van der Waals surface area (Å²) in [6.07, 6.45) is 5.28. The average Bonchev–Trinajstić information content (AvgIpc) is 2.90. The minimum Gasteiger partial charge on any atom is -0.472 e. The zero-order chi connectivity index (χ0) is 13.0. The minimum atomic E-state index is 0.278. The molecule has 0 saturated heterocycles. The van der Waals surface area contributed by atoms with Gasteiger partial charge in [-0.3, -0.25) is 0 Å². The first-order valence-corrected chi connectivity index (χ1v) is 6.06. The molecule has 0 radical (unpaired) electrons. The Balaban J connectivity index is 2.21. The van der Waals surface area contributed by atoms with Crippen LogP contribution >= 0.6 is 0 Å². The predicted molar refractivity (Wildman–Crippen MR) is 72.5 cm³/mol. The summed E-state index contributed by atoms with van der Waals surface area (Å²) < 4.78 is 5.09. The Bertz CT molecular complexity index is 482. The van der Waals surface area contributed by atoms with Crippen LogP contribution in [0.4, 0.5) is 5.82 Å². The van der Waals surface area contributed by atoms with E-state index in [0.717, 1.165) is 17.9 Å². The monoisotopic (exact) mass is 245 g/mol. The fourth-order valence-electron chi connectivity index (χ4n) is 1.95. The molecular formula is C14H19N3O. The van der Waals surface area contributed by atoms with E-state index in [4.69, 9.17) is 4.42 Å². The second kappa shape index (κ2) is 5.69. The van der Waals surface area contributed by atoms with Gasteiger partial charge in [0, 0.05) is 37.0 Å². The number of furan rings is 1. The maximum atomic E-state index is 5.09. The first-order valence-electron chi connectivity index (χ1n) is 6.06. The average molecular weight is 245 g/mol. The second-order valence-electron chi connectivity index (χ2n) is 4.41. The van der Waals surface area contributed by atoms with Gasteiger partial charge >= 0.3 is 0 Å². The van der Waals surface area contributed by atoms with Gasteiger partial charge in [0.05, 0.1) is 12.5 Å². The molecule has 0 saturated carbocycles. The number of rotatable bonds is 5. The molecule has 2 heterocycles. The molecule has 0 aliphatic carbocycles. The van der Waals surface area contributed by atoms with E-state index in [0.29, 0.717) is 0 Å². The highest BCUT2D eigenvalue weighted by Crippen LogP contribution is 2.23. The molecule has 2 rings (SSSR count). The van der Waals surface area contributed by atoms with Gasteiger partial charge in [0.2, 0.25) is 0 Å². The molecule has 1 unspecified atom stereocenters. The molecule has 18 heavy (non-hydrogen) atoms.